The molecule has 0 N–H and O–H groups in total. The Kier molecular flexibility index (Phi) is 5.71. The van der Waals surface area contributed by atoms with Gasteiger partial charge in [0.1, 0.15) is 23.7 Å². The van der Waals surface area contributed by atoms with Crippen LogP contribution in [0.25, 0.3) is 10.9 Å². The number of aromatic nitrogens is 1. The maximum atomic E-state index is 12.2. The lowest BCUT2D eigenvalue weighted by Gasteiger charge is -2.35. The summed E-state index contributed by atoms with van der Waals surface area (Å²) in [6.45, 7) is 9.89. The van der Waals surface area contributed by atoms with E-state index in [1.807, 2.05) is 37.5 Å². The molecule has 2 heterocycles. The van der Waals surface area contributed by atoms with Gasteiger partial charge in [0.05, 0.1) is 0 Å². The van der Waals surface area contributed by atoms with Crippen molar-refractivity contribution < 1.29 is 14.3 Å². The fraction of sp³-hybridized carbons (Fsp3) is 0.476. The van der Waals surface area contributed by atoms with Gasteiger partial charge in [-0.25, -0.2) is 4.79 Å². The molecule has 1 saturated heterocycles. The van der Waals surface area contributed by atoms with E-state index in [1.54, 1.807) is 17.0 Å². The molecule has 1 aliphatic heterocycles. The maximum absolute atomic E-state index is 12.2. The molecule has 2 aromatic rings. The minimum Gasteiger partial charge on any atom is -0.444 e. The van der Waals surface area contributed by atoms with Crippen LogP contribution >= 0.6 is 0 Å². The summed E-state index contributed by atoms with van der Waals surface area (Å²) in [5.41, 5.74) is 1.66. The molecule has 3 rings (SSSR count). The van der Waals surface area contributed by atoms with E-state index in [-0.39, 0.29) is 6.09 Å². The summed E-state index contributed by atoms with van der Waals surface area (Å²) in [4.78, 5) is 27.2. The zero-order valence-electron chi connectivity index (χ0n) is 16.6. The standard InChI is InChI=1S/C21H26N4O3/c1-21(2,3)28-20(27)24-9-6-23(7-10-24)8-11-25-18(14-22)13-17-12-16(15-26)4-5-19(17)25/h4-5,12-13,15H,6-11H2,1-3H3. The number of carbonyl (C=O) groups is 2. The van der Waals surface area contributed by atoms with Gasteiger partial charge in [0.2, 0.25) is 0 Å². The van der Waals surface area contributed by atoms with Crippen molar-refractivity contribution in [2.24, 2.45) is 0 Å². The first-order valence-corrected chi connectivity index (χ1v) is 9.49. The molecule has 7 heteroatoms. The van der Waals surface area contributed by atoms with Crippen molar-refractivity contribution in [1.29, 1.82) is 5.26 Å². The third kappa shape index (κ3) is 4.52. The predicted octanol–water partition coefficient (Wildman–Crippen LogP) is 2.88. The fourth-order valence-electron chi connectivity index (χ4n) is 3.42. The number of nitriles is 1. The van der Waals surface area contributed by atoms with Gasteiger partial charge in [-0.1, -0.05) is 0 Å². The van der Waals surface area contributed by atoms with Gasteiger partial charge < -0.3 is 14.2 Å². The van der Waals surface area contributed by atoms with Gasteiger partial charge in [0.15, 0.2) is 0 Å². The highest BCUT2D eigenvalue weighted by atomic mass is 16.6. The number of rotatable bonds is 4. The Morgan fingerprint density at radius 2 is 1.89 bits per heavy atom. The van der Waals surface area contributed by atoms with Crippen LogP contribution in [0.1, 0.15) is 36.8 Å². The highest BCUT2D eigenvalue weighted by Gasteiger charge is 2.25. The Morgan fingerprint density at radius 1 is 1.18 bits per heavy atom. The third-order valence-corrected chi connectivity index (χ3v) is 4.84. The summed E-state index contributed by atoms with van der Waals surface area (Å²) in [5, 5.41) is 10.4. The largest absolute Gasteiger partial charge is 0.444 e. The van der Waals surface area contributed by atoms with E-state index in [1.165, 1.54) is 0 Å². The van der Waals surface area contributed by atoms with E-state index in [4.69, 9.17) is 4.74 Å². The Bertz CT molecular complexity index is 912. The molecule has 28 heavy (non-hydrogen) atoms. The van der Waals surface area contributed by atoms with Gasteiger partial charge in [0.25, 0.3) is 0 Å². The molecule has 1 aromatic carbocycles. The van der Waals surface area contributed by atoms with E-state index >= 15 is 0 Å². The first kappa shape index (κ1) is 19.9. The van der Waals surface area contributed by atoms with E-state index in [9.17, 15) is 14.9 Å². The van der Waals surface area contributed by atoms with Gasteiger partial charge in [-0.05, 0) is 45.0 Å². The SMILES string of the molecule is CC(C)(C)OC(=O)N1CCN(CCn2c(C#N)cc3cc(C=O)ccc32)CC1. The van der Waals surface area contributed by atoms with Gasteiger partial charge in [-0.3, -0.25) is 9.69 Å². The lowest BCUT2D eigenvalue weighted by atomic mass is 10.2. The summed E-state index contributed by atoms with van der Waals surface area (Å²) >= 11 is 0. The van der Waals surface area contributed by atoms with Crippen LogP contribution in [0.4, 0.5) is 4.79 Å². The minimum atomic E-state index is -0.485. The highest BCUT2D eigenvalue weighted by molar-refractivity contribution is 5.88. The maximum Gasteiger partial charge on any atom is 0.410 e. The van der Waals surface area contributed by atoms with Crippen molar-refractivity contribution in [1.82, 2.24) is 14.4 Å². The second-order valence-electron chi connectivity index (χ2n) is 8.04. The molecule has 1 fully saturated rings. The zero-order chi connectivity index (χ0) is 20.3. The lowest BCUT2D eigenvalue weighted by molar-refractivity contribution is 0.0143. The van der Waals surface area contributed by atoms with Crippen molar-refractivity contribution in [3.8, 4) is 6.07 Å². The first-order chi connectivity index (χ1) is 13.3. The number of hydrogen-bond acceptors (Lipinski definition) is 5. The van der Waals surface area contributed by atoms with Crippen LogP contribution in [0.5, 0.6) is 0 Å². The number of aldehydes is 1. The van der Waals surface area contributed by atoms with Crippen molar-refractivity contribution in [2.45, 2.75) is 32.9 Å². The summed E-state index contributed by atoms with van der Waals surface area (Å²) in [6.07, 6.45) is 0.550. The van der Waals surface area contributed by atoms with E-state index < -0.39 is 5.60 Å². The average Bonchev–Trinajstić information content (AvgIpc) is 3.02. The molecule has 0 radical (unpaired) electrons. The molecule has 1 aromatic heterocycles. The van der Waals surface area contributed by atoms with Crippen LogP contribution in [0.15, 0.2) is 24.3 Å². The van der Waals surface area contributed by atoms with Gasteiger partial charge in [-0.15, -0.1) is 0 Å². The number of fused-ring (bicyclic) bond motifs is 1. The molecular formula is C21H26N4O3. The summed E-state index contributed by atoms with van der Waals surface area (Å²) in [7, 11) is 0. The third-order valence-electron chi connectivity index (χ3n) is 4.84. The second-order valence-corrected chi connectivity index (χ2v) is 8.04. The predicted molar refractivity (Wildman–Crippen MR) is 106 cm³/mol. The van der Waals surface area contributed by atoms with Crippen LogP contribution in [-0.4, -0.2) is 65.1 Å². The molecule has 1 amide bonds. The van der Waals surface area contributed by atoms with Gasteiger partial charge in [0, 0.05) is 55.7 Å². The fourth-order valence-corrected chi connectivity index (χ4v) is 3.42. The lowest BCUT2D eigenvalue weighted by Crippen LogP contribution is -2.50. The number of hydrogen-bond donors (Lipinski definition) is 0. The molecule has 0 unspecified atom stereocenters. The number of nitrogens with zero attached hydrogens (tertiary/aromatic N) is 4. The van der Waals surface area contributed by atoms with Crippen LogP contribution in [0, 0.1) is 11.3 Å². The Balaban J connectivity index is 1.61. The van der Waals surface area contributed by atoms with Gasteiger partial charge >= 0.3 is 6.09 Å². The molecule has 1 aliphatic rings. The Labute approximate surface area is 165 Å². The Hall–Kier alpha value is -2.85. The van der Waals surface area contributed by atoms with Crippen molar-refractivity contribution in [3.63, 3.8) is 0 Å². The Morgan fingerprint density at radius 3 is 2.50 bits per heavy atom. The zero-order valence-corrected chi connectivity index (χ0v) is 16.6. The van der Waals surface area contributed by atoms with Crippen LogP contribution in [0.2, 0.25) is 0 Å². The minimum absolute atomic E-state index is 0.263. The number of benzene rings is 1. The molecule has 0 spiro atoms. The molecule has 0 saturated carbocycles. The normalized spacial score (nSPS) is 15.4. The van der Waals surface area contributed by atoms with Crippen LogP contribution < -0.4 is 0 Å². The average molecular weight is 382 g/mol. The van der Waals surface area contributed by atoms with Crippen molar-refractivity contribution in [2.75, 3.05) is 32.7 Å². The molecule has 148 valence electrons. The van der Waals surface area contributed by atoms with E-state index in [0.29, 0.717) is 30.9 Å². The van der Waals surface area contributed by atoms with Gasteiger partial charge in [-0.2, -0.15) is 5.26 Å². The molecule has 7 nitrogen and oxygen atoms in total. The number of ether oxygens (including phenoxy) is 1. The van der Waals surface area contributed by atoms with Crippen LogP contribution in [-0.2, 0) is 11.3 Å². The topological polar surface area (TPSA) is 78.6 Å². The van der Waals surface area contributed by atoms with Crippen LogP contribution in [0.3, 0.4) is 0 Å². The van der Waals surface area contributed by atoms with E-state index in [2.05, 4.69) is 11.0 Å². The molecule has 0 bridgehead atoms. The first-order valence-electron chi connectivity index (χ1n) is 9.49. The smallest absolute Gasteiger partial charge is 0.410 e. The summed E-state index contributed by atoms with van der Waals surface area (Å²) in [6, 6.07) is 9.53. The summed E-state index contributed by atoms with van der Waals surface area (Å²) < 4.78 is 7.42. The monoisotopic (exact) mass is 382 g/mol. The van der Waals surface area contributed by atoms with E-state index in [0.717, 1.165) is 36.8 Å². The summed E-state index contributed by atoms with van der Waals surface area (Å²) in [5.74, 6) is 0. The molecule has 0 aliphatic carbocycles. The molecular weight excluding hydrogens is 356 g/mol. The second kappa shape index (κ2) is 8.03. The number of carbonyl (C=O) groups excluding carboxylic acids is 2. The molecule has 0 atom stereocenters. The van der Waals surface area contributed by atoms with Crippen molar-refractivity contribution in [3.05, 3.63) is 35.5 Å². The number of piperazine rings is 1. The van der Waals surface area contributed by atoms with Crippen molar-refractivity contribution >= 4 is 23.3 Å². The highest BCUT2D eigenvalue weighted by Crippen LogP contribution is 2.21. The quantitative estimate of drug-likeness (QED) is 0.760. The number of amides is 1.